The van der Waals surface area contributed by atoms with Crippen LogP contribution in [-0.4, -0.2) is 45.6 Å². The summed E-state index contributed by atoms with van der Waals surface area (Å²) >= 11 is 6.04. The molecule has 3 N–H and O–H groups in total. The third kappa shape index (κ3) is 7.77. The molecular formula is C29H31ClN4O5S. The number of ether oxygens (including phenoxy) is 2. The van der Waals surface area contributed by atoms with Crippen LogP contribution in [0.2, 0.25) is 5.02 Å². The Morgan fingerprint density at radius 1 is 0.975 bits per heavy atom. The van der Waals surface area contributed by atoms with E-state index in [2.05, 4.69) is 20.3 Å². The van der Waals surface area contributed by atoms with Crippen LogP contribution in [0.15, 0.2) is 77.8 Å². The third-order valence-electron chi connectivity index (χ3n) is 5.93. The maximum absolute atomic E-state index is 12.8. The van der Waals surface area contributed by atoms with E-state index in [-0.39, 0.29) is 17.4 Å². The molecular weight excluding hydrogens is 552 g/mol. The molecule has 0 saturated carbocycles. The van der Waals surface area contributed by atoms with Gasteiger partial charge in [-0.3, -0.25) is 14.5 Å². The lowest BCUT2D eigenvalue weighted by Crippen LogP contribution is -2.30. The molecule has 0 spiro atoms. The second-order valence-corrected chi connectivity index (χ2v) is 11.0. The summed E-state index contributed by atoms with van der Waals surface area (Å²) in [5, 5.41) is 7.80. The Balaban J connectivity index is 1.22. The van der Waals surface area contributed by atoms with E-state index >= 15 is 0 Å². The van der Waals surface area contributed by atoms with Crippen LogP contribution < -0.4 is 24.8 Å². The molecule has 0 atom stereocenters. The van der Waals surface area contributed by atoms with E-state index in [0.717, 1.165) is 16.6 Å². The highest BCUT2D eigenvalue weighted by atomic mass is 35.5. The molecule has 40 heavy (non-hydrogen) atoms. The molecule has 4 rings (SSSR count). The van der Waals surface area contributed by atoms with Crippen molar-refractivity contribution in [1.29, 1.82) is 0 Å². The number of nitrogens with one attached hydrogen (secondary N) is 3. The Morgan fingerprint density at radius 2 is 1.77 bits per heavy atom. The van der Waals surface area contributed by atoms with Crippen molar-refractivity contribution in [3.63, 3.8) is 0 Å². The number of sulfonamides is 1. The van der Waals surface area contributed by atoms with Gasteiger partial charge in [0.2, 0.25) is 0 Å². The van der Waals surface area contributed by atoms with Gasteiger partial charge in [-0.15, -0.1) is 0 Å². The molecule has 0 bridgehead atoms. The number of hydrogen-bond acceptors (Lipinski definition) is 7. The van der Waals surface area contributed by atoms with Crippen molar-refractivity contribution in [2.45, 2.75) is 25.2 Å². The minimum atomic E-state index is -3.80. The summed E-state index contributed by atoms with van der Waals surface area (Å²) < 4.78 is 39.2. The van der Waals surface area contributed by atoms with Crippen LogP contribution >= 0.6 is 11.6 Å². The van der Waals surface area contributed by atoms with Crippen LogP contribution in [0.4, 0.5) is 11.4 Å². The first kappa shape index (κ1) is 29.0. The Hall–Kier alpha value is -4.02. The zero-order valence-corrected chi connectivity index (χ0v) is 23.8. The molecule has 11 heteroatoms. The Kier molecular flexibility index (Phi) is 9.68. The molecule has 1 aromatic heterocycles. The van der Waals surface area contributed by atoms with Crippen molar-refractivity contribution in [2.75, 3.05) is 36.3 Å². The van der Waals surface area contributed by atoms with Crippen LogP contribution in [-0.2, 0) is 14.8 Å². The highest BCUT2D eigenvalue weighted by molar-refractivity contribution is 7.92. The first-order valence-corrected chi connectivity index (χ1v) is 14.7. The zero-order chi connectivity index (χ0) is 28.5. The van der Waals surface area contributed by atoms with E-state index in [0.29, 0.717) is 53.9 Å². The van der Waals surface area contributed by atoms with E-state index in [1.165, 1.54) is 12.1 Å². The number of aromatic nitrogens is 1. The van der Waals surface area contributed by atoms with Crippen molar-refractivity contribution < 1.29 is 22.7 Å². The molecule has 0 aliphatic heterocycles. The fourth-order valence-corrected chi connectivity index (χ4v) is 5.27. The molecule has 0 fully saturated rings. The SMILES string of the molecule is CCOc1ccc(NS(=O)(=O)c2ccc(OCC(=O)NCCCNc3ccnc4cc(Cl)ccc34)c(C)c2)cc1. The summed E-state index contributed by atoms with van der Waals surface area (Å²) in [5.41, 5.74) is 2.78. The number of carbonyl (C=O) groups excluding carboxylic acids is 1. The van der Waals surface area contributed by atoms with E-state index < -0.39 is 10.0 Å². The van der Waals surface area contributed by atoms with Crippen LogP contribution in [0.5, 0.6) is 11.5 Å². The molecule has 0 aliphatic rings. The van der Waals surface area contributed by atoms with Gasteiger partial charge in [0, 0.05) is 41.1 Å². The minimum absolute atomic E-state index is 0.0910. The lowest BCUT2D eigenvalue weighted by Gasteiger charge is -2.13. The summed E-state index contributed by atoms with van der Waals surface area (Å²) in [6.45, 7) is 5.08. The number of carbonyl (C=O) groups is 1. The van der Waals surface area contributed by atoms with Gasteiger partial charge in [0.1, 0.15) is 11.5 Å². The number of hydrogen-bond donors (Lipinski definition) is 3. The van der Waals surface area contributed by atoms with Crippen LogP contribution in [0.1, 0.15) is 18.9 Å². The Bertz CT molecular complexity index is 1580. The van der Waals surface area contributed by atoms with Gasteiger partial charge in [-0.2, -0.15) is 0 Å². The molecule has 210 valence electrons. The normalized spacial score (nSPS) is 11.2. The molecule has 0 saturated heterocycles. The van der Waals surface area contributed by atoms with Gasteiger partial charge in [0.05, 0.1) is 17.0 Å². The summed E-state index contributed by atoms with van der Waals surface area (Å²) in [6.07, 6.45) is 2.43. The largest absolute Gasteiger partial charge is 0.494 e. The van der Waals surface area contributed by atoms with E-state index in [1.54, 1.807) is 43.5 Å². The van der Waals surface area contributed by atoms with Gasteiger partial charge < -0.3 is 20.1 Å². The van der Waals surface area contributed by atoms with Crippen molar-refractivity contribution in [1.82, 2.24) is 10.3 Å². The lowest BCUT2D eigenvalue weighted by atomic mass is 10.2. The molecule has 1 amide bonds. The Labute approximate surface area is 238 Å². The second-order valence-electron chi connectivity index (χ2n) is 8.93. The van der Waals surface area contributed by atoms with Crippen molar-refractivity contribution in [3.8, 4) is 11.5 Å². The second kappa shape index (κ2) is 13.4. The minimum Gasteiger partial charge on any atom is -0.494 e. The van der Waals surface area contributed by atoms with Crippen LogP contribution in [0, 0.1) is 6.92 Å². The number of amides is 1. The lowest BCUT2D eigenvalue weighted by molar-refractivity contribution is -0.123. The van der Waals surface area contributed by atoms with Crippen molar-refractivity contribution in [2.24, 2.45) is 0 Å². The topological polar surface area (TPSA) is 119 Å². The number of pyridine rings is 1. The highest BCUT2D eigenvalue weighted by Gasteiger charge is 2.16. The highest BCUT2D eigenvalue weighted by Crippen LogP contribution is 2.25. The number of nitrogens with zero attached hydrogens (tertiary/aromatic N) is 1. The first-order valence-electron chi connectivity index (χ1n) is 12.8. The van der Waals surface area contributed by atoms with Gasteiger partial charge in [-0.05, 0) is 92.6 Å². The number of halogens is 1. The van der Waals surface area contributed by atoms with Crippen molar-refractivity contribution >= 4 is 49.8 Å². The van der Waals surface area contributed by atoms with E-state index in [1.807, 2.05) is 31.2 Å². The van der Waals surface area contributed by atoms with Gasteiger partial charge in [0.25, 0.3) is 15.9 Å². The molecule has 9 nitrogen and oxygen atoms in total. The fraction of sp³-hybridized carbons (Fsp3) is 0.241. The predicted molar refractivity (Wildman–Crippen MR) is 158 cm³/mol. The van der Waals surface area contributed by atoms with Gasteiger partial charge >= 0.3 is 0 Å². The van der Waals surface area contributed by atoms with Gasteiger partial charge in [0.15, 0.2) is 6.61 Å². The van der Waals surface area contributed by atoms with Gasteiger partial charge in [-0.1, -0.05) is 11.6 Å². The number of aryl methyl sites for hydroxylation is 1. The third-order valence-corrected chi connectivity index (χ3v) is 7.54. The predicted octanol–water partition coefficient (Wildman–Crippen LogP) is 5.39. The summed E-state index contributed by atoms with van der Waals surface area (Å²) in [4.78, 5) is 16.7. The Morgan fingerprint density at radius 3 is 2.52 bits per heavy atom. The molecule has 3 aromatic carbocycles. The molecule has 4 aromatic rings. The monoisotopic (exact) mass is 582 g/mol. The fourth-order valence-electron chi connectivity index (χ4n) is 3.96. The number of fused-ring (bicyclic) bond motifs is 1. The number of anilines is 2. The molecule has 0 unspecified atom stereocenters. The zero-order valence-electron chi connectivity index (χ0n) is 22.2. The smallest absolute Gasteiger partial charge is 0.261 e. The standard InChI is InChI=1S/C29H31ClN4O5S/c1-3-38-23-8-6-22(7-9-23)34-40(36,37)24-10-12-28(20(2)17-24)39-19-29(35)33-15-4-14-31-26-13-16-32-27-18-21(30)5-11-25(26)27/h5-13,16-18,34H,3-4,14-15,19H2,1-2H3,(H,31,32)(H,33,35). The first-order chi connectivity index (χ1) is 19.2. The van der Waals surface area contributed by atoms with Crippen molar-refractivity contribution in [3.05, 3.63) is 83.5 Å². The maximum atomic E-state index is 12.8. The molecule has 0 radical (unpaired) electrons. The molecule has 1 heterocycles. The molecule has 0 aliphatic carbocycles. The quantitative estimate of drug-likeness (QED) is 0.181. The summed E-state index contributed by atoms with van der Waals surface area (Å²) in [5.74, 6) is 0.826. The maximum Gasteiger partial charge on any atom is 0.261 e. The average Bonchev–Trinajstić information content (AvgIpc) is 2.93. The van der Waals surface area contributed by atoms with E-state index in [4.69, 9.17) is 21.1 Å². The number of benzene rings is 3. The summed E-state index contributed by atoms with van der Waals surface area (Å²) in [7, 11) is -3.80. The van der Waals surface area contributed by atoms with Crippen LogP contribution in [0.25, 0.3) is 10.9 Å². The van der Waals surface area contributed by atoms with Gasteiger partial charge in [-0.25, -0.2) is 8.42 Å². The summed E-state index contributed by atoms with van der Waals surface area (Å²) in [6, 6.07) is 18.6. The van der Waals surface area contributed by atoms with Crippen LogP contribution in [0.3, 0.4) is 0 Å². The average molecular weight is 583 g/mol. The number of rotatable bonds is 13. The van der Waals surface area contributed by atoms with E-state index in [9.17, 15) is 13.2 Å².